The van der Waals surface area contributed by atoms with E-state index in [2.05, 4.69) is 11.4 Å². The summed E-state index contributed by atoms with van der Waals surface area (Å²) in [6.45, 7) is 1.43. The lowest BCUT2D eigenvalue weighted by molar-refractivity contribution is -0.145. The topological polar surface area (TPSA) is 83.6 Å². The third kappa shape index (κ3) is 3.92. The highest BCUT2D eigenvalue weighted by molar-refractivity contribution is 7.10. The van der Waals surface area contributed by atoms with Crippen LogP contribution < -0.4 is 5.32 Å². The van der Waals surface area contributed by atoms with Crippen LogP contribution in [0.3, 0.4) is 0 Å². The van der Waals surface area contributed by atoms with E-state index in [1.165, 1.54) is 18.3 Å². The van der Waals surface area contributed by atoms with Crippen LogP contribution in [0.1, 0.15) is 35.4 Å². The summed E-state index contributed by atoms with van der Waals surface area (Å²) in [6.07, 6.45) is 3.66. The van der Waals surface area contributed by atoms with Crippen LogP contribution in [0.4, 0.5) is 0 Å². The van der Waals surface area contributed by atoms with Gasteiger partial charge >= 0.3 is 5.97 Å². The van der Waals surface area contributed by atoms with E-state index in [4.69, 9.17) is 4.74 Å². The Hall–Kier alpha value is -3.11. The van der Waals surface area contributed by atoms with Gasteiger partial charge in [-0.25, -0.2) is 0 Å². The molecule has 3 rings (SSSR count). The molecule has 7 heteroatoms. The van der Waals surface area contributed by atoms with E-state index >= 15 is 0 Å². The quantitative estimate of drug-likeness (QED) is 0.678. The molecule has 0 aliphatic carbocycles. The van der Waals surface area contributed by atoms with Gasteiger partial charge in [-0.1, -0.05) is 12.1 Å². The number of nitrogens with one attached hydrogen (secondary N) is 1. The Morgan fingerprint density at radius 2 is 2.19 bits per heavy atom. The lowest BCUT2D eigenvalue weighted by Crippen LogP contribution is -2.28. The SMILES string of the molecule is CC(=O)NC(CC(=O)OCc1cn2ccccc2c1C#N)c1cccs1. The molecular weight excluding hydrogens is 350 g/mol. The van der Waals surface area contributed by atoms with Gasteiger partial charge in [0.15, 0.2) is 0 Å². The number of carbonyl (C=O) groups excluding carboxylic acids is 2. The monoisotopic (exact) mass is 367 g/mol. The Bertz CT molecular complexity index is 970. The number of hydrogen-bond acceptors (Lipinski definition) is 5. The first-order valence-corrected chi connectivity index (χ1v) is 8.91. The number of amides is 1. The van der Waals surface area contributed by atoms with Crippen molar-refractivity contribution in [2.45, 2.75) is 26.0 Å². The maximum Gasteiger partial charge on any atom is 0.308 e. The fraction of sp³-hybridized carbons (Fsp3) is 0.211. The number of ether oxygens (including phenoxy) is 1. The van der Waals surface area contributed by atoms with Crippen LogP contribution >= 0.6 is 11.3 Å². The average molecular weight is 367 g/mol. The normalized spacial score (nSPS) is 11.7. The molecule has 0 saturated heterocycles. The van der Waals surface area contributed by atoms with Crippen LogP contribution in [0, 0.1) is 11.3 Å². The maximum atomic E-state index is 12.3. The molecule has 26 heavy (non-hydrogen) atoms. The minimum absolute atomic E-state index is 0.0145. The highest BCUT2D eigenvalue weighted by Gasteiger charge is 2.20. The van der Waals surface area contributed by atoms with Crippen molar-refractivity contribution in [1.29, 1.82) is 5.26 Å². The average Bonchev–Trinajstić information content (AvgIpc) is 3.26. The third-order valence-electron chi connectivity index (χ3n) is 3.90. The molecule has 0 saturated carbocycles. The molecule has 3 aromatic rings. The third-order valence-corrected chi connectivity index (χ3v) is 4.88. The van der Waals surface area contributed by atoms with E-state index in [9.17, 15) is 14.9 Å². The van der Waals surface area contributed by atoms with Crippen LogP contribution in [-0.4, -0.2) is 16.3 Å². The summed E-state index contributed by atoms with van der Waals surface area (Å²) < 4.78 is 7.19. The fourth-order valence-electron chi connectivity index (χ4n) is 2.76. The molecular formula is C19H17N3O3S. The van der Waals surface area contributed by atoms with Crippen molar-refractivity contribution in [1.82, 2.24) is 9.72 Å². The molecule has 6 nitrogen and oxygen atoms in total. The van der Waals surface area contributed by atoms with Crippen LogP contribution in [0.25, 0.3) is 5.52 Å². The number of carbonyl (C=O) groups is 2. The van der Waals surface area contributed by atoms with Crippen molar-refractivity contribution in [3.8, 4) is 6.07 Å². The van der Waals surface area contributed by atoms with Gasteiger partial charge in [-0.15, -0.1) is 11.3 Å². The molecule has 0 fully saturated rings. The molecule has 0 aliphatic rings. The molecule has 3 heterocycles. The summed E-state index contributed by atoms with van der Waals surface area (Å²) in [5.41, 5.74) is 1.92. The van der Waals surface area contributed by atoms with Crippen molar-refractivity contribution in [3.63, 3.8) is 0 Å². The molecule has 132 valence electrons. The first-order valence-electron chi connectivity index (χ1n) is 8.03. The molecule has 3 aromatic heterocycles. The molecule has 0 radical (unpaired) electrons. The van der Waals surface area contributed by atoms with Gasteiger partial charge in [-0.3, -0.25) is 9.59 Å². The van der Waals surface area contributed by atoms with Crippen molar-refractivity contribution < 1.29 is 14.3 Å². The minimum Gasteiger partial charge on any atom is -0.461 e. The first kappa shape index (κ1) is 17.7. The predicted octanol–water partition coefficient (Wildman–Crippen LogP) is 3.18. The molecule has 0 bridgehead atoms. The lowest BCUT2D eigenvalue weighted by atomic mass is 10.1. The second-order valence-corrected chi connectivity index (χ2v) is 6.75. The molecule has 1 N–H and O–H groups in total. The van der Waals surface area contributed by atoms with Crippen LogP contribution in [-0.2, 0) is 20.9 Å². The zero-order chi connectivity index (χ0) is 18.5. The Morgan fingerprint density at radius 3 is 2.88 bits per heavy atom. The zero-order valence-corrected chi connectivity index (χ0v) is 15.0. The Labute approximate surface area is 154 Å². The molecule has 1 amide bonds. The van der Waals surface area contributed by atoms with E-state index in [0.29, 0.717) is 11.1 Å². The first-order chi connectivity index (χ1) is 12.6. The minimum atomic E-state index is -0.434. The van der Waals surface area contributed by atoms with Crippen molar-refractivity contribution in [2.75, 3.05) is 0 Å². The fourth-order valence-corrected chi connectivity index (χ4v) is 3.54. The summed E-state index contributed by atoms with van der Waals surface area (Å²) in [7, 11) is 0. The molecule has 0 spiro atoms. The molecule has 1 atom stereocenters. The highest BCUT2D eigenvalue weighted by Crippen LogP contribution is 2.23. The summed E-state index contributed by atoms with van der Waals surface area (Å²) in [6, 6.07) is 11.0. The highest BCUT2D eigenvalue weighted by atomic mass is 32.1. The number of rotatable bonds is 6. The number of aromatic nitrogens is 1. The number of nitriles is 1. The number of thiophene rings is 1. The number of nitrogens with zero attached hydrogens (tertiary/aromatic N) is 2. The Balaban J connectivity index is 1.68. The lowest BCUT2D eigenvalue weighted by Gasteiger charge is -2.15. The van der Waals surface area contributed by atoms with Gasteiger partial charge in [0.05, 0.1) is 23.5 Å². The van der Waals surface area contributed by atoms with Gasteiger partial charge in [-0.2, -0.15) is 5.26 Å². The van der Waals surface area contributed by atoms with E-state index in [1.807, 2.05) is 46.3 Å². The van der Waals surface area contributed by atoms with Gasteiger partial charge in [-0.05, 0) is 23.6 Å². The van der Waals surface area contributed by atoms with Gasteiger partial charge in [0.1, 0.15) is 12.7 Å². The van der Waals surface area contributed by atoms with E-state index in [0.717, 1.165) is 10.4 Å². The van der Waals surface area contributed by atoms with Crippen molar-refractivity contribution in [2.24, 2.45) is 0 Å². The largest absolute Gasteiger partial charge is 0.461 e. The number of hydrogen-bond donors (Lipinski definition) is 1. The zero-order valence-electron chi connectivity index (χ0n) is 14.1. The molecule has 0 aromatic carbocycles. The molecule has 0 aliphatic heterocycles. The molecule has 1 unspecified atom stereocenters. The maximum absolute atomic E-state index is 12.3. The van der Waals surface area contributed by atoms with Gasteiger partial charge in [0, 0.05) is 29.8 Å². The Kier molecular flexibility index (Phi) is 5.34. The summed E-state index contributed by atoms with van der Waals surface area (Å²) in [5.74, 6) is -0.641. The van der Waals surface area contributed by atoms with Crippen LogP contribution in [0.5, 0.6) is 0 Å². The smallest absolute Gasteiger partial charge is 0.308 e. The van der Waals surface area contributed by atoms with Crippen molar-refractivity contribution in [3.05, 3.63) is 64.1 Å². The second-order valence-electron chi connectivity index (χ2n) is 5.77. The Morgan fingerprint density at radius 1 is 1.35 bits per heavy atom. The van der Waals surface area contributed by atoms with E-state index < -0.39 is 12.0 Å². The second kappa shape index (κ2) is 7.85. The number of fused-ring (bicyclic) bond motifs is 1. The van der Waals surface area contributed by atoms with Crippen LogP contribution in [0.15, 0.2) is 48.1 Å². The summed E-state index contributed by atoms with van der Waals surface area (Å²) >= 11 is 1.47. The van der Waals surface area contributed by atoms with Gasteiger partial charge in [0.25, 0.3) is 0 Å². The summed E-state index contributed by atoms with van der Waals surface area (Å²) in [5, 5.41) is 14.1. The predicted molar refractivity (Wildman–Crippen MR) is 97.4 cm³/mol. The van der Waals surface area contributed by atoms with Gasteiger partial charge < -0.3 is 14.5 Å². The van der Waals surface area contributed by atoms with E-state index in [1.54, 1.807) is 6.20 Å². The van der Waals surface area contributed by atoms with Crippen molar-refractivity contribution >= 4 is 28.7 Å². The summed E-state index contributed by atoms with van der Waals surface area (Å²) in [4.78, 5) is 24.5. The van der Waals surface area contributed by atoms with Gasteiger partial charge in [0.2, 0.25) is 5.91 Å². The number of esters is 1. The van der Waals surface area contributed by atoms with E-state index in [-0.39, 0.29) is 18.9 Å². The number of pyridine rings is 1. The van der Waals surface area contributed by atoms with Crippen LogP contribution in [0.2, 0.25) is 0 Å². The standard InChI is InChI=1S/C19H17N3O3S/c1-13(23)21-16(18-6-4-8-26-18)9-19(24)25-12-14-11-22-7-3-2-5-17(22)15(14)10-20/h2-8,11,16H,9,12H2,1H3,(H,21,23).